The largest absolute Gasteiger partial charge is 0.432 e. The summed E-state index contributed by atoms with van der Waals surface area (Å²) in [5.74, 6) is -0.573. The van der Waals surface area contributed by atoms with Crippen molar-refractivity contribution in [2.45, 2.75) is 36.2 Å². The van der Waals surface area contributed by atoms with Gasteiger partial charge >= 0.3 is 5.95 Å². The highest BCUT2D eigenvalue weighted by Crippen LogP contribution is 2.37. The van der Waals surface area contributed by atoms with Crippen LogP contribution in [0.3, 0.4) is 0 Å². The van der Waals surface area contributed by atoms with Crippen molar-refractivity contribution in [1.29, 1.82) is 0 Å². The average molecular weight is 399 g/mol. The Morgan fingerprint density at radius 2 is 2.04 bits per heavy atom. The molecule has 2 aromatic rings. The summed E-state index contributed by atoms with van der Waals surface area (Å²) in [5, 5.41) is 30.4. The maximum Gasteiger partial charge on any atom is 0.432 e. The molecule has 1 aromatic heterocycles. The number of nitrogens with zero attached hydrogens (tertiary/aromatic N) is 2. The minimum Gasteiger partial charge on any atom is -0.394 e. The SMILES string of the molecule is Cc1ccc(S(=O)(=O)O[C@@H]2[C@H](O)[C@@H](CO)O[C@H]2c2cnc([N+](=O)[O-])[nH]2)cc1. The number of benzene rings is 1. The number of rotatable bonds is 6. The van der Waals surface area contributed by atoms with Crippen LogP contribution >= 0.6 is 0 Å². The second-order valence-electron chi connectivity index (χ2n) is 6.02. The van der Waals surface area contributed by atoms with Gasteiger partial charge in [-0.2, -0.15) is 8.42 Å². The van der Waals surface area contributed by atoms with Crippen LogP contribution in [-0.4, -0.2) is 58.4 Å². The van der Waals surface area contributed by atoms with E-state index in [-0.39, 0.29) is 10.6 Å². The first kappa shape index (κ1) is 19.4. The molecule has 0 aliphatic carbocycles. The fourth-order valence-electron chi connectivity index (χ4n) is 2.71. The summed E-state index contributed by atoms with van der Waals surface area (Å²) in [5.41, 5.74) is 0.891. The van der Waals surface area contributed by atoms with E-state index >= 15 is 0 Å². The number of aliphatic hydroxyl groups is 2. The number of aromatic nitrogens is 2. The van der Waals surface area contributed by atoms with E-state index < -0.39 is 52.0 Å². The molecule has 11 nitrogen and oxygen atoms in total. The Balaban J connectivity index is 1.91. The molecular formula is C15H17N3O8S. The van der Waals surface area contributed by atoms with Crippen LogP contribution in [0.1, 0.15) is 17.4 Å². The van der Waals surface area contributed by atoms with Crippen molar-refractivity contribution >= 4 is 16.1 Å². The molecule has 2 heterocycles. The Hall–Kier alpha value is -2.38. The molecular weight excluding hydrogens is 382 g/mol. The highest BCUT2D eigenvalue weighted by molar-refractivity contribution is 7.86. The first-order valence-electron chi connectivity index (χ1n) is 7.86. The van der Waals surface area contributed by atoms with Crippen molar-refractivity contribution in [3.05, 3.63) is 51.8 Å². The van der Waals surface area contributed by atoms with Gasteiger partial charge in [0.1, 0.15) is 36.3 Å². The van der Waals surface area contributed by atoms with Gasteiger partial charge in [-0.3, -0.25) is 4.18 Å². The quantitative estimate of drug-likeness (QED) is 0.349. The van der Waals surface area contributed by atoms with Crippen molar-refractivity contribution < 1.29 is 32.5 Å². The second-order valence-corrected chi connectivity index (χ2v) is 7.59. The van der Waals surface area contributed by atoms with Crippen LogP contribution in [0.4, 0.5) is 5.95 Å². The number of aryl methyl sites for hydroxylation is 1. The zero-order valence-electron chi connectivity index (χ0n) is 14.0. The Bertz CT molecular complexity index is 927. The molecule has 3 rings (SSSR count). The third-order valence-electron chi connectivity index (χ3n) is 4.13. The number of nitro groups is 1. The first-order valence-corrected chi connectivity index (χ1v) is 9.27. The standard InChI is InChI=1S/C15H17N3O8S/c1-8-2-4-9(5-3-8)27(23,24)26-14-12(20)11(7-19)25-13(14)10-6-16-15(17-10)18(21)22/h2-6,11-14,19-20H,7H2,1H3,(H,16,17)/t11-,12-,13+,14-/m1/s1. The van der Waals surface area contributed by atoms with E-state index in [9.17, 15) is 28.7 Å². The summed E-state index contributed by atoms with van der Waals surface area (Å²) in [6.45, 7) is 1.19. The maximum absolute atomic E-state index is 12.5. The van der Waals surface area contributed by atoms with Crippen LogP contribution < -0.4 is 0 Å². The zero-order valence-corrected chi connectivity index (χ0v) is 14.9. The van der Waals surface area contributed by atoms with E-state index in [0.717, 1.165) is 11.8 Å². The Kier molecular flexibility index (Phi) is 5.26. The van der Waals surface area contributed by atoms with Gasteiger partial charge in [0.05, 0.1) is 11.5 Å². The lowest BCUT2D eigenvalue weighted by Crippen LogP contribution is -2.36. The van der Waals surface area contributed by atoms with Crippen LogP contribution in [0.2, 0.25) is 0 Å². The molecule has 0 saturated carbocycles. The van der Waals surface area contributed by atoms with Crippen molar-refractivity contribution in [1.82, 2.24) is 9.97 Å². The molecule has 146 valence electrons. The minimum absolute atomic E-state index is 0.0424. The lowest BCUT2D eigenvalue weighted by Gasteiger charge is -2.19. The molecule has 0 spiro atoms. The highest BCUT2D eigenvalue weighted by Gasteiger charge is 2.49. The van der Waals surface area contributed by atoms with E-state index in [1.54, 1.807) is 19.1 Å². The average Bonchev–Trinajstić information content (AvgIpc) is 3.21. The van der Waals surface area contributed by atoms with E-state index in [2.05, 4.69) is 9.97 Å². The van der Waals surface area contributed by atoms with Crippen molar-refractivity contribution in [3.8, 4) is 0 Å². The van der Waals surface area contributed by atoms with Crippen LogP contribution in [-0.2, 0) is 19.0 Å². The Labute approximate surface area is 153 Å². The second kappa shape index (κ2) is 7.32. The summed E-state index contributed by atoms with van der Waals surface area (Å²) >= 11 is 0. The van der Waals surface area contributed by atoms with Crippen LogP contribution in [0.15, 0.2) is 35.4 Å². The molecule has 1 saturated heterocycles. The van der Waals surface area contributed by atoms with E-state index in [0.29, 0.717) is 0 Å². The first-order chi connectivity index (χ1) is 12.7. The molecule has 0 bridgehead atoms. The minimum atomic E-state index is -4.27. The predicted molar refractivity (Wildman–Crippen MR) is 89.2 cm³/mol. The molecule has 4 atom stereocenters. The van der Waals surface area contributed by atoms with E-state index in [1.165, 1.54) is 12.1 Å². The lowest BCUT2D eigenvalue weighted by molar-refractivity contribution is -0.393. The molecule has 12 heteroatoms. The number of ether oxygens (including phenoxy) is 1. The van der Waals surface area contributed by atoms with Crippen LogP contribution in [0, 0.1) is 17.0 Å². The third kappa shape index (κ3) is 3.84. The number of H-pyrrole nitrogens is 1. The number of imidazole rings is 1. The normalized spacial score (nSPS) is 25.6. The van der Waals surface area contributed by atoms with Crippen molar-refractivity contribution in [3.63, 3.8) is 0 Å². The molecule has 0 amide bonds. The van der Waals surface area contributed by atoms with Gasteiger partial charge in [0, 0.05) is 0 Å². The molecule has 3 N–H and O–H groups in total. The number of hydrogen-bond donors (Lipinski definition) is 3. The Morgan fingerprint density at radius 3 is 2.59 bits per heavy atom. The van der Waals surface area contributed by atoms with Gasteiger partial charge < -0.3 is 25.1 Å². The molecule has 1 aromatic carbocycles. The van der Waals surface area contributed by atoms with Crippen molar-refractivity contribution in [2.75, 3.05) is 6.61 Å². The third-order valence-corrected chi connectivity index (χ3v) is 5.45. The van der Waals surface area contributed by atoms with Gasteiger partial charge in [-0.05, 0) is 24.0 Å². The molecule has 1 aliphatic rings. The predicted octanol–water partition coefficient (Wildman–Crippen LogP) is 0.194. The number of hydrogen-bond acceptors (Lipinski definition) is 9. The van der Waals surface area contributed by atoms with Crippen LogP contribution in [0.5, 0.6) is 0 Å². The fourth-order valence-corrected chi connectivity index (χ4v) is 3.80. The molecule has 1 aliphatic heterocycles. The summed E-state index contributed by atoms with van der Waals surface area (Å²) in [6, 6.07) is 5.88. The monoisotopic (exact) mass is 399 g/mol. The summed E-state index contributed by atoms with van der Waals surface area (Å²) in [7, 11) is -4.27. The molecule has 0 unspecified atom stereocenters. The zero-order chi connectivity index (χ0) is 19.8. The highest BCUT2D eigenvalue weighted by atomic mass is 32.2. The molecule has 27 heavy (non-hydrogen) atoms. The number of aromatic amines is 1. The topological polar surface area (TPSA) is 165 Å². The van der Waals surface area contributed by atoms with Gasteiger partial charge in [0.25, 0.3) is 10.1 Å². The molecule has 1 fully saturated rings. The van der Waals surface area contributed by atoms with Gasteiger partial charge in [-0.25, -0.2) is 4.98 Å². The molecule has 0 radical (unpaired) electrons. The maximum atomic E-state index is 12.5. The van der Waals surface area contributed by atoms with Gasteiger partial charge in [-0.1, -0.05) is 22.7 Å². The van der Waals surface area contributed by atoms with Gasteiger partial charge in [-0.15, -0.1) is 0 Å². The summed E-state index contributed by atoms with van der Waals surface area (Å²) < 4.78 is 35.7. The van der Waals surface area contributed by atoms with Crippen molar-refractivity contribution in [2.24, 2.45) is 0 Å². The Morgan fingerprint density at radius 1 is 1.37 bits per heavy atom. The van der Waals surface area contributed by atoms with E-state index in [1.807, 2.05) is 0 Å². The lowest BCUT2D eigenvalue weighted by atomic mass is 10.1. The smallest absolute Gasteiger partial charge is 0.394 e. The summed E-state index contributed by atoms with van der Waals surface area (Å²) in [4.78, 5) is 15.8. The summed E-state index contributed by atoms with van der Waals surface area (Å²) in [6.07, 6.45) is -4.17. The van der Waals surface area contributed by atoms with Gasteiger partial charge in [0.2, 0.25) is 0 Å². The van der Waals surface area contributed by atoms with Gasteiger partial charge in [0.15, 0.2) is 0 Å². The number of nitrogens with one attached hydrogen (secondary N) is 1. The van der Waals surface area contributed by atoms with Crippen LogP contribution in [0.25, 0.3) is 0 Å². The van der Waals surface area contributed by atoms with E-state index in [4.69, 9.17) is 8.92 Å². The fraction of sp³-hybridized carbons (Fsp3) is 0.400. The number of aliphatic hydroxyl groups excluding tert-OH is 2.